The van der Waals surface area contributed by atoms with Crippen molar-refractivity contribution in [2.24, 2.45) is 5.73 Å². The monoisotopic (exact) mass is 563 g/mol. The molecule has 4 N–H and O–H groups in total. The van der Waals surface area contributed by atoms with Gasteiger partial charge in [-0.3, -0.25) is 4.72 Å². The van der Waals surface area contributed by atoms with Crippen molar-refractivity contribution < 1.29 is 8.42 Å². The number of nitrogens with zero attached hydrogens (tertiary/aromatic N) is 2. The van der Waals surface area contributed by atoms with Crippen LogP contribution < -0.4 is 15.8 Å². The number of halogens is 1. The number of fused-ring (bicyclic) bond motifs is 1. The molecule has 0 spiro atoms. The van der Waals surface area contributed by atoms with E-state index in [0.717, 1.165) is 70.8 Å². The first-order valence-electron chi connectivity index (χ1n) is 13.4. The topological polar surface area (TPSA) is 110 Å². The molecule has 1 fully saturated rings. The maximum absolute atomic E-state index is 13.0. The molecule has 0 unspecified atom stereocenters. The summed E-state index contributed by atoms with van der Waals surface area (Å²) in [5.74, 6) is 0.660. The first kappa shape index (κ1) is 27.4. The number of rotatable bonds is 7. The summed E-state index contributed by atoms with van der Waals surface area (Å²) in [6, 6.07) is 15.1. The van der Waals surface area contributed by atoms with E-state index in [1.165, 1.54) is 6.07 Å². The molecular formula is C30H34ClN5O2S. The Morgan fingerprint density at radius 1 is 1.03 bits per heavy atom. The van der Waals surface area contributed by atoms with Crippen LogP contribution >= 0.6 is 11.6 Å². The molecule has 0 bridgehead atoms. The summed E-state index contributed by atoms with van der Waals surface area (Å²) < 4.78 is 28.7. The zero-order valence-corrected chi connectivity index (χ0v) is 24.0. The van der Waals surface area contributed by atoms with Gasteiger partial charge in [0.05, 0.1) is 16.2 Å². The van der Waals surface area contributed by atoms with Gasteiger partial charge in [0.15, 0.2) is 0 Å². The Labute approximate surface area is 235 Å². The van der Waals surface area contributed by atoms with Crippen molar-refractivity contribution in [2.45, 2.75) is 69.9 Å². The maximum Gasteiger partial charge on any atom is 0.263 e. The Morgan fingerprint density at radius 2 is 1.77 bits per heavy atom. The highest BCUT2D eigenvalue weighted by molar-refractivity contribution is 7.92. The number of sulfonamides is 1. The van der Waals surface area contributed by atoms with Crippen LogP contribution in [0.3, 0.4) is 0 Å². The average Bonchev–Trinajstić information content (AvgIpc) is 2.92. The van der Waals surface area contributed by atoms with Crippen molar-refractivity contribution in [3.63, 3.8) is 0 Å². The van der Waals surface area contributed by atoms with Gasteiger partial charge < -0.3 is 11.1 Å². The Balaban J connectivity index is 1.45. The standard InChI is InChI=1S/C30H34ClN5O2S/c1-4-20-15-21(16-22-17-33-30(35-29(20)22)34-24-11-9-23(32)10-12-24)25-13-14-27(19(3)18(25)2)36-39(37,38)28-8-6-5-7-26(28)31/h5-8,13-17,23-24,36H,4,9-12,32H2,1-3H3,(H,33,34,35). The van der Waals surface area contributed by atoms with Crippen LogP contribution in [0.15, 0.2) is 59.6 Å². The van der Waals surface area contributed by atoms with Gasteiger partial charge in [0.1, 0.15) is 4.90 Å². The number of anilines is 2. The van der Waals surface area contributed by atoms with Gasteiger partial charge in [-0.1, -0.05) is 36.7 Å². The first-order valence-corrected chi connectivity index (χ1v) is 15.2. The molecule has 204 valence electrons. The predicted octanol–water partition coefficient (Wildman–Crippen LogP) is 6.61. The van der Waals surface area contributed by atoms with E-state index in [9.17, 15) is 8.42 Å². The van der Waals surface area contributed by atoms with E-state index in [4.69, 9.17) is 22.3 Å². The quantitative estimate of drug-likeness (QED) is 0.233. The molecule has 0 amide bonds. The normalized spacial score (nSPS) is 17.8. The molecule has 39 heavy (non-hydrogen) atoms. The second kappa shape index (κ2) is 11.1. The van der Waals surface area contributed by atoms with Crippen molar-refractivity contribution >= 4 is 44.2 Å². The largest absolute Gasteiger partial charge is 0.351 e. The Morgan fingerprint density at radius 3 is 2.49 bits per heavy atom. The summed E-state index contributed by atoms with van der Waals surface area (Å²) in [5.41, 5.74) is 12.6. The van der Waals surface area contributed by atoms with Gasteiger partial charge in [0.25, 0.3) is 10.0 Å². The van der Waals surface area contributed by atoms with E-state index < -0.39 is 10.0 Å². The van der Waals surface area contributed by atoms with Crippen LogP contribution in [-0.4, -0.2) is 30.5 Å². The van der Waals surface area contributed by atoms with Gasteiger partial charge >= 0.3 is 0 Å². The molecule has 4 aromatic rings. The van der Waals surface area contributed by atoms with Gasteiger partial charge in [-0.25, -0.2) is 18.4 Å². The zero-order valence-electron chi connectivity index (χ0n) is 22.5. The molecule has 9 heteroatoms. The molecule has 0 saturated heterocycles. The van der Waals surface area contributed by atoms with Crippen molar-refractivity contribution in [2.75, 3.05) is 10.0 Å². The number of aromatic nitrogens is 2. The van der Waals surface area contributed by atoms with E-state index in [0.29, 0.717) is 23.7 Å². The van der Waals surface area contributed by atoms with Gasteiger partial charge in [0.2, 0.25) is 5.95 Å². The molecule has 1 aromatic heterocycles. The van der Waals surface area contributed by atoms with Crippen molar-refractivity contribution in [3.05, 3.63) is 76.4 Å². The maximum atomic E-state index is 13.0. The highest BCUT2D eigenvalue weighted by Gasteiger charge is 2.21. The van der Waals surface area contributed by atoms with E-state index >= 15 is 0 Å². The summed E-state index contributed by atoms with van der Waals surface area (Å²) >= 11 is 6.15. The summed E-state index contributed by atoms with van der Waals surface area (Å²) in [4.78, 5) is 9.55. The molecule has 3 aromatic carbocycles. The molecule has 5 rings (SSSR count). The minimum absolute atomic E-state index is 0.0517. The summed E-state index contributed by atoms with van der Waals surface area (Å²) in [7, 11) is -3.83. The lowest BCUT2D eigenvalue weighted by Gasteiger charge is -2.26. The molecular weight excluding hydrogens is 530 g/mol. The molecule has 0 radical (unpaired) electrons. The van der Waals surface area contributed by atoms with Crippen LogP contribution in [-0.2, 0) is 16.4 Å². The fourth-order valence-electron chi connectivity index (χ4n) is 5.27. The van der Waals surface area contributed by atoms with E-state index in [1.807, 2.05) is 32.2 Å². The second-order valence-corrected chi connectivity index (χ2v) is 12.4. The number of hydrogen-bond acceptors (Lipinski definition) is 6. The van der Waals surface area contributed by atoms with Crippen molar-refractivity contribution in [3.8, 4) is 11.1 Å². The summed E-state index contributed by atoms with van der Waals surface area (Å²) in [5, 5.41) is 4.66. The molecule has 1 heterocycles. The lowest BCUT2D eigenvalue weighted by molar-refractivity contribution is 0.410. The lowest BCUT2D eigenvalue weighted by Crippen LogP contribution is -2.33. The minimum Gasteiger partial charge on any atom is -0.351 e. The van der Waals surface area contributed by atoms with Gasteiger partial charge in [-0.05, 0) is 104 Å². The zero-order chi connectivity index (χ0) is 27.7. The lowest BCUT2D eigenvalue weighted by atomic mass is 9.92. The Kier molecular flexibility index (Phi) is 7.80. The number of aryl methyl sites for hydroxylation is 1. The SMILES string of the molecule is CCc1cc(-c2ccc(NS(=O)(=O)c3ccccc3Cl)c(C)c2C)cc2cnc(NC3CCC(N)CC3)nc12. The van der Waals surface area contributed by atoms with E-state index in [1.54, 1.807) is 18.2 Å². The van der Waals surface area contributed by atoms with Crippen LogP contribution in [0, 0.1) is 13.8 Å². The number of nitrogens with two attached hydrogens (primary N) is 1. The fraction of sp³-hybridized carbons (Fsp3) is 0.333. The van der Waals surface area contributed by atoms with Crippen LogP contribution in [0.1, 0.15) is 49.3 Å². The molecule has 0 aliphatic heterocycles. The third-order valence-corrected chi connectivity index (χ3v) is 9.58. The third kappa shape index (κ3) is 5.73. The smallest absolute Gasteiger partial charge is 0.263 e. The average molecular weight is 564 g/mol. The summed E-state index contributed by atoms with van der Waals surface area (Å²) in [6.45, 7) is 6.05. The van der Waals surface area contributed by atoms with Crippen LogP contribution in [0.5, 0.6) is 0 Å². The van der Waals surface area contributed by atoms with Gasteiger partial charge in [0, 0.05) is 23.7 Å². The highest BCUT2D eigenvalue weighted by atomic mass is 35.5. The Bertz CT molecular complexity index is 1630. The molecule has 7 nitrogen and oxygen atoms in total. The van der Waals surface area contributed by atoms with Gasteiger partial charge in [-0.15, -0.1) is 0 Å². The fourth-order valence-corrected chi connectivity index (χ4v) is 6.91. The van der Waals surface area contributed by atoms with Crippen molar-refractivity contribution in [1.29, 1.82) is 0 Å². The second-order valence-electron chi connectivity index (χ2n) is 10.3. The van der Waals surface area contributed by atoms with E-state index in [-0.39, 0.29) is 9.92 Å². The van der Waals surface area contributed by atoms with Crippen LogP contribution in [0.4, 0.5) is 11.6 Å². The van der Waals surface area contributed by atoms with Crippen LogP contribution in [0.25, 0.3) is 22.0 Å². The first-order chi connectivity index (χ1) is 18.7. The summed E-state index contributed by atoms with van der Waals surface area (Å²) in [6.07, 6.45) is 6.82. The molecule has 1 aliphatic rings. The van der Waals surface area contributed by atoms with Crippen molar-refractivity contribution in [1.82, 2.24) is 9.97 Å². The predicted molar refractivity (Wildman–Crippen MR) is 160 cm³/mol. The number of nitrogens with one attached hydrogen (secondary N) is 2. The minimum atomic E-state index is -3.83. The molecule has 0 atom stereocenters. The highest BCUT2D eigenvalue weighted by Crippen LogP contribution is 2.34. The van der Waals surface area contributed by atoms with E-state index in [2.05, 4.69) is 34.1 Å². The molecule has 1 saturated carbocycles. The number of benzene rings is 3. The van der Waals surface area contributed by atoms with Gasteiger partial charge in [-0.2, -0.15) is 0 Å². The van der Waals surface area contributed by atoms with Crippen LogP contribution in [0.2, 0.25) is 5.02 Å². The number of hydrogen-bond donors (Lipinski definition) is 3. The Hall–Kier alpha value is -3.20. The third-order valence-electron chi connectivity index (χ3n) is 7.72. The molecule has 1 aliphatic carbocycles.